The van der Waals surface area contributed by atoms with Crippen molar-refractivity contribution in [2.45, 2.75) is 0 Å². The van der Waals surface area contributed by atoms with Crippen LogP contribution in [-0.4, -0.2) is 24.5 Å². The van der Waals surface area contributed by atoms with E-state index in [1.807, 2.05) is 6.07 Å². The molecular weight excluding hydrogens is 206 g/mol. The average molecular weight is 215 g/mol. The van der Waals surface area contributed by atoms with Gasteiger partial charge in [-0.1, -0.05) is 30.3 Å². The molecule has 16 heavy (non-hydrogen) atoms. The van der Waals surface area contributed by atoms with E-state index in [2.05, 4.69) is 4.99 Å². The lowest BCUT2D eigenvalue weighted by molar-refractivity contribution is -0.117. The Bertz CT molecular complexity index is 500. The first-order chi connectivity index (χ1) is 7.72. The molecular formula is C12H9NO3. The number of methoxy groups -OCH3 is 1. The first-order valence-corrected chi connectivity index (χ1v) is 4.71. The Morgan fingerprint density at radius 1 is 1.12 bits per heavy atom. The third-order valence-corrected chi connectivity index (χ3v) is 2.18. The van der Waals surface area contributed by atoms with Crippen LogP contribution in [0.3, 0.4) is 0 Å². The second-order valence-corrected chi connectivity index (χ2v) is 3.21. The Balaban J connectivity index is 2.44. The summed E-state index contributed by atoms with van der Waals surface area (Å²) in [4.78, 5) is 26.8. The largest absolute Gasteiger partial charge is 0.492 e. The van der Waals surface area contributed by atoms with Crippen LogP contribution in [0.15, 0.2) is 47.2 Å². The third kappa shape index (κ3) is 1.77. The molecule has 1 aromatic rings. The van der Waals surface area contributed by atoms with Gasteiger partial charge in [0.1, 0.15) is 5.71 Å². The van der Waals surface area contributed by atoms with Crippen LogP contribution in [0.25, 0.3) is 0 Å². The number of carbonyl (C=O) groups excluding carboxylic acids is 2. The molecule has 80 valence electrons. The van der Waals surface area contributed by atoms with E-state index in [1.165, 1.54) is 7.11 Å². The topological polar surface area (TPSA) is 55.7 Å². The van der Waals surface area contributed by atoms with Gasteiger partial charge in [-0.3, -0.25) is 9.59 Å². The van der Waals surface area contributed by atoms with Crippen molar-refractivity contribution in [2.75, 3.05) is 7.11 Å². The van der Waals surface area contributed by atoms with Crippen molar-refractivity contribution < 1.29 is 14.3 Å². The van der Waals surface area contributed by atoms with Gasteiger partial charge < -0.3 is 4.74 Å². The van der Waals surface area contributed by atoms with E-state index in [-0.39, 0.29) is 17.3 Å². The fraction of sp³-hybridized carbons (Fsp3) is 0.0833. The van der Waals surface area contributed by atoms with Crippen molar-refractivity contribution in [1.29, 1.82) is 0 Å². The predicted octanol–water partition coefficient (Wildman–Crippen LogP) is 1.12. The van der Waals surface area contributed by atoms with Crippen molar-refractivity contribution in [2.24, 2.45) is 4.99 Å². The maximum absolute atomic E-state index is 11.8. The summed E-state index contributed by atoms with van der Waals surface area (Å²) in [6.45, 7) is 0. The number of hydrogen-bond donors (Lipinski definition) is 0. The molecule has 1 heterocycles. The maximum Gasteiger partial charge on any atom is 0.274 e. The summed E-state index contributed by atoms with van der Waals surface area (Å²) in [5.74, 6) is -0.817. The number of allylic oxidation sites excluding steroid dienone is 1. The molecule has 0 N–H and O–H groups in total. The van der Waals surface area contributed by atoms with Crippen LogP contribution in [0.5, 0.6) is 0 Å². The van der Waals surface area contributed by atoms with E-state index in [0.717, 1.165) is 6.08 Å². The molecule has 0 saturated heterocycles. The van der Waals surface area contributed by atoms with E-state index in [4.69, 9.17) is 4.74 Å². The van der Waals surface area contributed by atoms with E-state index in [9.17, 15) is 9.59 Å². The molecule has 0 aliphatic carbocycles. The normalized spacial score (nSPS) is 15.6. The molecule has 0 saturated carbocycles. The fourth-order valence-corrected chi connectivity index (χ4v) is 1.43. The van der Waals surface area contributed by atoms with Crippen LogP contribution in [0.4, 0.5) is 0 Å². The maximum atomic E-state index is 11.8. The number of Topliss-reactive ketones (excluding diaryl/α,β-unsaturated/α-hetero) is 1. The molecule has 2 rings (SSSR count). The number of rotatable bonds is 2. The quantitative estimate of drug-likeness (QED) is 0.742. The molecule has 4 nitrogen and oxygen atoms in total. The zero-order chi connectivity index (χ0) is 11.5. The fourth-order valence-electron chi connectivity index (χ4n) is 1.43. The van der Waals surface area contributed by atoms with E-state index >= 15 is 0 Å². The van der Waals surface area contributed by atoms with Crippen LogP contribution in [0.2, 0.25) is 0 Å². The lowest BCUT2D eigenvalue weighted by atomic mass is 10.0. The van der Waals surface area contributed by atoms with Gasteiger partial charge >= 0.3 is 0 Å². The standard InChI is InChI=1S/C12H9NO3/c1-16-9-7-10(14)13-11(12(9)15)8-5-3-2-4-6-8/h2-7H,1H3. The van der Waals surface area contributed by atoms with Crippen molar-refractivity contribution >= 4 is 17.4 Å². The van der Waals surface area contributed by atoms with Gasteiger partial charge in [-0.2, -0.15) is 0 Å². The minimum atomic E-state index is -0.477. The highest BCUT2D eigenvalue weighted by Gasteiger charge is 2.25. The number of amides is 1. The number of hydrogen-bond acceptors (Lipinski definition) is 3. The van der Waals surface area contributed by atoms with Gasteiger partial charge in [-0.25, -0.2) is 4.99 Å². The molecule has 4 heteroatoms. The van der Waals surface area contributed by atoms with E-state index in [1.54, 1.807) is 24.3 Å². The minimum Gasteiger partial charge on any atom is -0.492 e. The number of carbonyl (C=O) groups is 2. The molecule has 0 atom stereocenters. The lowest BCUT2D eigenvalue weighted by Crippen LogP contribution is -2.24. The summed E-state index contributed by atoms with van der Waals surface area (Å²) in [6, 6.07) is 8.83. The molecule has 1 aliphatic heterocycles. The van der Waals surface area contributed by atoms with Gasteiger partial charge in [0.15, 0.2) is 5.76 Å². The van der Waals surface area contributed by atoms with Gasteiger partial charge in [0.2, 0.25) is 5.78 Å². The Morgan fingerprint density at radius 2 is 1.81 bits per heavy atom. The van der Waals surface area contributed by atoms with Crippen LogP contribution < -0.4 is 0 Å². The van der Waals surface area contributed by atoms with Crippen molar-refractivity contribution in [1.82, 2.24) is 0 Å². The van der Waals surface area contributed by atoms with Gasteiger partial charge in [-0.15, -0.1) is 0 Å². The van der Waals surface area contributed by atoms with Gasteiger partial charge in [0, 0.05) is 5.56 Å². The first kappa shape index (κ1) is 10.3. The highest BCUT2D eigenvalue weighted by atomic mass is 16.5. The molecule has 0 aromatic heterocycles. The summed E-state index contributed by atoms with van der Waals surface area (Å²) in [5.41, 5.74) is 0.744. The zero-order valence-corrected chi connectivity index (χ0v) is 8.64. The Labute approximate surface area is 92.3 Å². The number of nitrogens with zero attached hydrogens (tertiary/aromatic N) is 1. The number of aliphatic imine (C=N–C) groups is 1. The molecule has 0 bridgehead atoms. The van der Waals surface area contributed by atoms with Gasteiger partial charge in [0.25, 0.3) is 5.91 Å². The van der Waals surface area contributed by atoms with Crippen molar-refractivity contribution in [3.8, 4) is 0 Å². The molecule has 0 fully saturated rings. The average Bonchev–Trinajstić information content (AvgIpc) is 2.33. The van der Waals surface area contributed by atoms with Crippen molar-refractivity contribution in [3.05, 3.63) is 47.7 Å². The monoisotopic (exact) mass is 215 g/mol. The number of ether oxygens (including phenoxy) is 1. The highest BCUT2D eigenvalue weighted by Crippen LogP contribution is 2.12. The van der Waals surface area contributed by atoms with Crippen LogP contribution >= 0.6 is 0 Å². The Kier molecular flexibility index (Phi) is 2.64. The van der Waals surface area contributed by atoms with Crippen LogP contribution in [0.1, 0.15) is 5.56 Å². The van der Waals surface area contributed by atoms with E-state index < -0.39 is 5.91 Å². The second-order valence-electron chi connectivity index (χ2n) is 3.21. The minimum absolute atomic E-state index is 0.0267. The SMILES string of the molecule is COC1=CC(=O)N=C(c2ccccc2)C1=O. The van der Waals surface area contributed by atoms with Crippen molar-refractivity contribution in [3.63, 3.8) is 0 Å². The summed E-state index contributed by atoms with van der Waals surface area (Å²) < 4.78 is 4.84. The first-order valence-electron chi connectivity index (χ1n) is 4.71. The number of dihydropyridines is 1. The van der Waals surface area contributed by atoms with Crippen LogP contribution in [-0.2, 0) is 14.3 Å². The lowest BCUT2D eigenvalue weighted by Gasteiger charge is -2.11. The van der Waals surface area contributed by atoms with E-state index in [0.29, 0.717) is 5.56 Å². The summed E-state index contributed by atoms with van der Waals surface area (Å²) in [5, 5.41) is 0. The molecule has 1 aliphatic rings. The van der Waals surface area contributed by atoms with Gasteiger partial charge in [0.05, 0.1) is 13.2 Å². The third-order valence-electron chi connectivity index (χ3n) is 2.18. The summed E-state index contributed by atoms with van der Waals surface area (Å²) in [7, 11) is 1.35. The molecule has 0 radical (unpaired) electrons. The smallest absolute Gasteiger partial charge is 0.274 e. The van der Waals surface area contributed by atoms with Crippen LogP contribution in [0, 0.1) is 0 Å². The second kappa shape index (κ2) is 4.10. The molecule has 1 amide bonds. The number of ketones is 1. The zero-order valence-electron chi connectivity index (χ0n) is 8.64. The Hall–Kier alpha value is -2.23. The molecule has 0 unspecified atom stereocenters. The summed E-state index contributed by atoms with van der Waals surface area (Å²) in [6.07, 6.45) is 1.09. The Morgan fingerprint density at radius 3 is 2.44 bits per heavy atom. The molecule has 1 aromatic carbocycles. The van der Waals surface area contributed by atoms with Gasteiger partial charge in [-0.05, 0) is 0 Å². The highest BCUT2D eigenvalue weighted by molar-refractivity contribution is 6.53. The molecule has 0 spiro atoms. The predicted molar refractivity (Wildman–Crippen MR) is 58.1 cm³/mol. The number of benzene rings is 1. The summed E-state index contributed by atoms with van der Waals surface area (Å²) >= 11 is 0.